The third-order valence-corrected chi connectivity index (χ3v) is 10.1. The minimum absolute atomic E-state index is 0.0617. The van der Waals surface area contributed by atoms with Gasteiger partial charge in [0.05, 0.1) is 6.61 Å². The minimum Gasteiger partial charge on any atom is -0.401 e. The van der Waals surface area contributed by atoms with E-state index in [0.717, 1.165) is 24.8 Å². The number of ether oxygens (including phenoxy) is 3. The largest absolute Gasteiger partial charge is 0.401 e. The molecule has 0 spiro atoms. The van der Waals surface area contributed by atoms with Gasteiger partial charge in [0.15, 0.2) is 8.32 Å². The number of unbranched alkanes of at least 4 members (excludes halogenated alkanes) is 1. The van der Waals surface area contributed by atoms with Crippen molar-refractivity contribution in [2.45, 2.75) is 90.0 Å². The zero-order valence-electron chi connectivity index (χ0n) is 20.6. The van der Waals surface area contributed by atoms with Gasteiger partial charge in [0.25, 0.3) is 0 Å². The lowest BCUT2D eigenvalue weighted by Crippen LogP contribution is -2.47. The second-order valence-corrected chi connectivity index (χ2v) is 14.0. The first-order valence-electron chi connectivity index (χ1n) is 11.2. The van der Waals surface area contributed by atoms with Gasteiger partial charge in [-0.15, -0.1) is 6.58 Å². The summed E-state index contributed by atoms with van der Waals surface area (Å²) in [6.45, 7) is 18.0. The summed E-state index contributed by atoms with van der Waals surface area (Å²) in [5, 5.41) is 0.0617. The van der Waals surface area contributed by atoms with Gasteiger partial charge in [0.1, 0.15) is 25.1 Å². The molecule has 0 unspecified atom stereocenters. The third-order valence-electron chi connectivity index (χ3n) is 5.64. The monoisotopic (exact) mass is 446 g/mol. The van der Waals surface area contributed by atoms with Crippen molar-refractivity contribution in [2.24, 2.45) is 0 Å². The molecule has 0 aliphatic rings. The molecular formula is C26H42O4Si. The van der Waals surface area contributed by atoms with Gasteiger partial charge in [-0.25, -0.2) is 0 Å². The van der Waals surface area contributed by atoms with Crippen LogP contribution < -0.4 is 0 Å². The molecule has 0 bridgehead atoms. The molecule has 0 saturated heterocycles. The molecule has 0 amide bonds. The van der Waals surface area contributed by atoms with Gasteiger partial charge in [-0.05, 0) is 30.1 Å². The van der Waals surface area contributed by atoms with Crippen LogP contribution in [0.3, 0.4) is 0 Å². The highest BCUT2D eigenvalue weighted by molar-refractivity contribution is 6.74. The molecule has 0 N–H and O–H groups in total. The summed E-state index contributed by atoms with van der Waals surface area (Å²) in [6, 6.07) is 10.1. The van der Waals surface area contributed by atoms with Crippen LogP contribution in [-0.4, -0.2) is 40.5 Å². The summed E-state index contributed by atoms with van der Waals surface area (Å²) >= 11 is 0. The van der Waals surface area contributed by atoms with Crippen molar-refractivity contribution < 1.29 is 18.6 Å². The standard InChI is InChI=1S/C26H42O4Si/c1-9-11-17-23(29-21-27-6)18-19-25(30-31(7,8)26(3,4)5)24(10-2)28-20-22-15-13-12-14-16-22/h10,12-16,23-25H,2,9,11,17,20-21H2,1,3-8H3/t23-,24-,25-/m0/s1. The fourth-order valence-electron chi connectivity index (χ4n) is 2.63. The van der Waals surface area contributed by atoms with Crippen LogP contribution in [0.5, 0.6) is 0 Å². The summed E-state index contributed by atoms with van der Waals surface area (Å²) in [7, 11) is -0.450. The van der Waals surface area contributed by atoms with Crippen molar-refractivity contribution >= 4 is 8.32 Å². The number of benzene rings is 1. The molecule has 1 aromatic carbocycles. The zero-order valence-corrected chi connectivity index (χ0v) is 21.6. The van der Waals surface area contributed by atoms with E-state index in [1.165, 1.54) is 0 Å². The second-order valence-electron chi connectivity index (χ2n) is 9.29. The number of rotatable bonds is 13. The fourth-order valence-corrected chi connectivity index (χ4v) is 3.81. The fraction of sp³-hybridized carbons (Fsp3) is 0.615. The maximum atomic E-state index is 6.69. The van der Waals surface area contributed by atoms with Crippen LogP contribution in [0.4, 0.5) is 0 Å². The maximum Gasteiger partial charge on any atom is 0.193 e. The van der Waals surface area contributed by atoms with Crippen LogP contribution in [0, 0.1) is 11.8 Å². The van der Waals surface area contributed by atoms with Crippen molar-refractivity contribution in [1.29, 1.82) is 0 Å². The van der Waals surface area contributed by atoms with E-state index >= 15 is 0 Å². The Morgan fingerprint density at radius 2 is 1.77 bits per heavy atom. The zero-order chi connectivity index (χ0) is 23.3. The summed E-state index contributed by atoms with van der Waals surface area (Å²) in [4.78, 5) is 0. The molecule has 4 nitrogen and oxygen atoms in total. The normalized spacial score (nSPS) is 14.9. The SMILES string of the molecule is C=C[C@H](OCc1ccccc1)[C@H](C#C[C@H](CCCC)OCOC)O[Si](C)(C)C(C)(C)C. The van der Waals surface area contributed by atoms with Crippen molar-refractivity contribution in [3.05, 3.63) is 48.6 Å². The highest BCUT2D eigenvalue weighted by atomic mass is 28.4. The molecule has 0 aliphatic carbocycles. The van der Waals surface area contributed by atoms with E-state index in [2.05, 4.69) is 71.3 Å². The van der Waals surface area contributed by atoms with Gasteiger partial charge >= 0.3 is 0 Å². The number of hydrogen-bond acceptors (Lipinski definition) is 4. The van der Waals surface area contributed by atoms with E-state index in [9.17, 15) is 0 Å². The van der Waals surface area contributed by atoms with Crippen molar-refractivity contribution in [3.63, 3.8) is 0 Å². The van der Waals surface area contributed by atoms with Gasteiger partial charge in [-0.1, -0.05) is 88.8 Å². The van der Waals surface area contributed by atoms with Crippen molar-refractivity contribution in [2.75, 3.05) is 13.9 Å². The molecule has 0 heterocycles. The average molecular weight is 447 g/mol. The lowest BCUT2D eigenvalue weighted by molar-refractivity contribution is -0.0549. The molecule has 3 atom stereocenters. The van der Waals surface area contributed by atoms with Crippen LogP contribution in [0.25, 0.3) is 0 Å². The highest BCUT2D eigenvalue weighted by Gasteiger charge is 2.40. The van der Waals surface area contributed by atoms with Crippen molar-refractivity contribution in [1.82, 2.24) is 0 Å². The smallest absolute Gasteiger partial charge is 0.193 e. The average Bonchev–Trinajstić information content (AvgIpc) is 2.73. The van der Waals surface area contributed by atoms with E-state index < -0.39 is 14.4 Å². The lowest BCUT2D eigenvalue weighted by Gasteiger charge is -2.39. The Labute approximate surface area is 191 Å². The molecule has 5 heteroatoms. The predicted molar refractivity (Wildman–Crippen MR) is 131 cm³/mol. The first kappa shape index (κ1) is 27.6. The van der Waals surface area contributed by atoms with E-state index in [1.54, 1.807) is 13.2 Å². The summed E-state index contributed by atoms with van der Waals surface area (Å²) in [6.07, 6.45) is 3.87. The molecule has 31 heavy (non-hydrogen) atoms. The van der Waals surface area contributed by atoms with E-state index in [-0.39, 0.29) is 24.0 Å². The number of methoxy groups -OCH3 is 1. The van der Waals surface area contributed by atoms with Gasteiger partial charge < -0.3 is 18.6 Å². The van der Waals surface area contributed by atoms with Gasteiger partial charge in [-0.2, -0.15) is 0 Å². The Kier molecular flexibility index (Phi) is 12.4. The topological polar surface area (TPSA) is 36.9 Å². The van der Waals surface area contributed by atoms with Crippen LogP contribution in [0.1, 0.15) is 52.5 Å². The summed E-state index contributed by atoms with van der Waals surface area (Å²) in [5.74, 6) is 6.63. The molecule has 0 radical (unpaired) electrons. The van der Waals surface area contributed by atoms with Crippen LogP contribution in [0.2, 0.25) is 18.1 Å². The Morgan fingerprint density at radius 3 is 2.32 bits per heavy atom. The lowest BCUT2D eigenvalue weighted by atomic mass is 10.1. The third kappa shape index (κ3) is 10.2. The van der Waals surface area contributed by atoms with E-state index in [4.69, 9.17) is 18.6 Å². The second kappa shape index (κ2) is 13.9. The maximum absolute atomic E-state index is 6.69. The Morgan fingerprint density at radius 1 is 1.10 bits per heavy atom. The Hall–Kier alpha value is -1.42. The molecule has 1 aromatic rings. The van der Waals surface area contributed by atoms with E-state index in [0.29, 0.717) is 6.61 Å². The molecule has 0 aliphatic heterocycles. The molecule has 174 valence electrons. The van der Waals surface area contributed by atoms with Gasteiger partial charge in [0, 0.05) is 7.11 Å². The molecule has 0 aromatic heterocycles. The first-order chi connectivity index (χ1) is 14.6. The predicted octanol–water partition coefficient (Wildman–Crippen LogP) is 6.33. The summed E-state index contributed by atoms with van der Waals surface area (Å²) < 4.78 is 23.8. The quantitative estimate of drug-likeness (QED) is 0.153. The Bertz CT molecular complexity index is 677. The minimum atomic E-state index is -2.07. The van der Waals surface area contributed by atoms with Crippen LogP contribution >= 0.6 is 0 Å². The van der Waals surface area contributed by atoms with Crippen LogP contribution in [0.15, 0.2) is 43.0 Å². The molecule has 0 fully saturated rings. The molecule has 0 saturated carbocycles. The van der Waals surface area contributed by atoms with Crippen molar-refractivity contribution in [3.8, 4) is 11.8 Å². The van der Waals surface area contributed by atoms with Gasteiger partial charge in [0.2, 0.25) is 0 Å². The van der Waals surface area contributed by atoms with Crippen LogP contribution in [-0.2, 0) is 25.2 Å². The number of hydrogen-bond donors (Lipinski definition) is 0. The first-order valence-corrected chi connectivity index (χ1v) is 14.1. The van der Waals surface area contributed by atoms with Gasteiger partial charge in [-0.3, -0.25) is 0 Å². The summed E-state index contributed by atoms with van der Waals surface area (Å²) in [5.41, 5.74) is 1.11. The highest BCUT2D eigenvalue weighted by Crippen LogP contribution is 2.37. The molecule has 1 rings (SSSR count). The van der Waals surface area contributed by atoms with E-state index in [1.807, 2.05) is 18.2 Å². The Balaban J connectivity index is 3.09. The molecular weight excluding hydrogens is 404 g/mol.